The molecule has 0 aromatic heterocycles. The third-order valence-corrected chi connectivity index (χ3v) is 5.09. The summed E-state index contributed by atoms with van der Waals surface area (Å²) in [6, 6.07) is 0.290. The van der Waals surface area contributed by atoms with Crippen LogP contribution in [0.25, 0.3) is 0 Å². The van der Waals surface area contributed by atoms with E-state index in [2.05, 4.69) is 5.32 Å². The van der Waals surface area contributed by atoms with Crippen LogP contribution in [0.3, 0.4) is 0 Å². The molecule has 1 aliphatic carbocycles. The lowest BCUT2D eigenvalue weighted by Gasteiger charge is -2.21. The summed E-state index contributed by atoms with van der Waals surface area (Å²) in [6.07, 6.45) is 6.65. The Morgan fingerprint density at radius 3 is 2.29 bits per heavy atom. The standard InChI is InChI=1S/C14H29N3O3S/c1-16(2)10-6-11-17(21(3,19)20)12-9-14(18)15-13-7-4-5-8-13/h13H,4-12H2,1-3H3,(H,15,18). The molecule has 0 aliphatic heterocycles. The fourth-order valence-electron chi connectivity index (χ4n) is 2.60. The molecule has 0 unspecified atom stereocenters. The number of hydrogen-bond acceptors (Lipinski definition) is 4. The highest BCUT2D eigenvalue weighted by atomic mass is 32.2. The Balaban J connectivity index is 2.36. The van der Waals surface area contributed by atoms with Gasteiger partial charge in [-0.15, -0.1) is 0 Å². The summed E-state index contributed by atoms with van der Waals surface area (Å²) in [4.78, 5) is 13.9. The highest BCUT2D eigenvalue weighted by molar-refractivity contribution is 7.88. The van der Waals surface area contributed by atoms with Crippen LogP contribution in [0.4, 0.5) is 0 Å². The highest BCUT2D eigenvalue weighted by Gasteiger charge is 2.20. The lowest BCUT2D eigenvalue weighted by atomic mass is 10.2. The fraction of sp³-hybridized carbons (Fsp3) is 0.929. The van der Waals surface area contributed by atoms with Crippen molar-refractivity contribution in [3.63, 3.8) is 0 Å². The molecule has 1 N–H and O–H groups in total. The maximum Gasteiger partial charge on any atom is 0.221 e. The van der Waals surface area contributed by atoms with E-state index in [9.17, 15) is 13.2 Å². The number of rotatable bonds is 9. The van der Waals surface area contributed by atoms with Crippen molar-refractivity contribution >= 4 is 15.9 Å². The van der Waals surface area contributed by atoms with E-state index in [4.69, 9.17) is 0 Å². The van der Waals surface area contributed by atoms with Crippen molar-refractivity contribution in [1.82, 2.24) is 14.5 Å². The van der Waals surface area contributed by atoms with Crippen LogP contribution >= 0.6 is 0 Å². The molecule has 0 spiro atoms. The zero-order valence-corrected chi connectivity index (χ0v) is 14.3. The van der Waals surface area contributed by atoms with Gasteiger partial charge >= 0.3 is 0 Å². The summed E-state index contributed by atoms with van der Waals surface area (Å²) in [7, 11) is 0.665. The number of carbonyl (C=O) groups is 1. The van der Waals surface area contributed by atoms with Gasteiger partial charge in [0.1, 0.15) is 0 Å². The van der Waals surface area contributed by atoms with Gasteiger partial charge in [0.25, 0.3) is 0 Å². The van der Waals surface area contributed by atoms with Gasteiger partial charge in [-0.2, -0.15) is 0 Å². The summed E-state index contributed by atoms with van der Waals surface area (Å²) in [5, 5.41) is 2.99. The SMILES string of the molecule is CN(C)CCCN(CCC(=O)NC1CCCC1)S(C)(=O)=O. The average Bonchev–Trinajstić information content (AvgIpc) is 2.84. The van der Waals surface area contributed by atoms with Gasteiger partial charge in [-0.1, -0.05) is 12.8 Å². The van der Waals surface area contributed by atoms with Crippen LogP contribution in [0.15, 0.2) is 0 Å². The zero-order chi connectivity index (χ0) is 15.9. The average molecular weight is 319 g/mol. The van der Waals surface area contributed by atoms with E-state index < -0.39 is 10.0 Å². The predicted octanol–water partition coefficient (Wildman–Crippen LogP) is 0.649. The van der Waals surface area contributed by atoms with Gasteiger partial charge in [0.05, 0.1) is 6.26 Å². The molecule has 21 heavy (non-hydrogen) atoms. The molecular formula is C14H29N3O3S. The lowest BCUT2D eigenvalue weighted by Crippen LogP contribution is -2.38. The van der Waals surface area contributed by atoms with Crippen molar-refractivity contribution in [1.29, 1.82) is 0 Å². The number of nitrogens with zero attached hydrogens (tertiary/aromatic N) is 2. The third-order valence-electron chi connectivity index (χ3n) is 3.79. The maximum atomic E-state index is 11.9. The minimum atomic E-state index is -3.25. The van der Waals surface area contributed by atoms with Crippen molar-refractivity contribution in [2.75, 3.05) is 40.0 Å². The summed E-state index contributed by atoms with van der Waals surface area (Å²) < 4.78 is 24.9. The molecule has 7 heteroatoms. The van der Waals surface area contributed by atoms with E-state index in [1.165, 1.54) is 23.4 Å². The van der Waals surface area contributed by atoms with E-state index in [-0.39, 0.29) is 24.9 Å². The molecule has 0 radical (unpaired) electrons. The van der Waals surface area contributed by atoms with E-state index in [1.54, 1.807) is 0 Å². The van der Waals surface area contributed by atoms with Crippen LogP contribution in [-0.4, -0.2) is 69.6 Å². The Hall–Kier alpha value is -0.660. The van der Waals surface area contributed by atoms with Crippen LogP contribution in [0.2, 0.25) is 0 Å². The van der Waals surface area contributed by atoms with Crippen LogP contribution < -0.4 is 5.32 Å². The lowest BCUT2D eigenvalue weighted by molar-refractivity contribution is -0.121. The van der Waals surface area contributed by atoms with Gasteiger partial charge in [-0.3, -0.25) is 4.79 Å². The van der Waals surface area contributed by atoms with Crippen LogP contribution in [-0.2, 0) is 14.8 Å². The second-order valence-corrected chi connectivity index (χ2v) is 8.10. The number of sulfonamides is 1. The number of carbonyl (C=O) groups excluding carboxylic acids is 1. The molecule has 124 valence electrons. The molecule has 0 bridgehead atoms. The van der Waals surface area contributed by atoms with E-state index in [1.807, 2.05) is 19.0 Å². The van der Waals surface area contributed by atoms with Crippen LogP contribution in [0.1, 0.15) is 38.5 Å². The molecular weight excluding hydrogens is 290 g/mol. The molecule has 1 rings (SSSR count). The van der Waals surface area contributed by atoms with Crippen LogP contribution in [0.5, 0.6) is 0 Å². The van der Waals surface area contributed by atoms with Crippen LogP contribution in [0, 0.1) is 0 Å². The van der Waals surface area contributed by atoms with Crippen molar-refractivity contribution in [2.24, 2.45) is 0 Å². The molecule has 0 aromatic carbocycles. The fourth-order valence-corrected chi connectivity index (χ4v) is 3.49. The number of hydrogen-bond donors (Lipinski definition) is 1. The first-order valence-corrected chi connectivity index (χ1v) is 9.53. The monoisotopic (exact) mass is 319 g/mol. The largest absolute Gasteiger partial charge is 0.353 e. The van der Waals surface area contributed by atoms with Gasteiger partial charge in [0, 0.05) is 25.6 Å². The quantitative estimate of drug-likeness (QED) is 0.677. The molecule has 0 atom stereocenters. The van der Waals surface area contributed by atoms with Gasteiger partial charge in [0.2, 0.25) is 15.9 Å². The first-order chi connectivity index (χ1) is 9.79. The summed E-state index contributed by atoms with van der Waals surface area (Å²) >= 11 is 0. The predicted molar refractivity (Wildman–Crippen MR) is 84.6 cm³/mol. The molecule has 1 fully saturated rings. The first kappa shape index (κ1) is 18.4. The van der Waals surface area contributed by atoms with E-state index >= 15 is 0 Å². The highest BCUT2D eigenvalue weighted by Crippen LogP contribution is 2.17. The number of nitrogens with one attached hydrogen (secondary N) is 1. The topological polar surface area (TPSA) is 69.7 Å². The summed E-state index contributed by atoms with van der Waals surface area (Å²) in [5.74, 6) is -0.0387. The van der Waals surface area contributed by atoms with E-state index in [0.29, 0.717) is 6.54 Å². The molecule has 0 saturated heterocycles. The van der Waals surface area contributed by atoms with Gasteiger partial charge in [0.15, 0.2) is 0 Å². The van der Waals surface area contributed by atoms with Crippen molar-refractivity contribution in [3.05, 3.63) is 0 Å². The second kappa shape index (κ2) is 8.70. The van der Waals surface area contributed by atoms with Crippen molar-refractivity contribution < 1.29 is 13.2 Å². The first-order valence-electron chi connectivity index (χ1n) is 7.68. The molecule has 1 amide bonds. The summed E-state index contributed by atoms with van der Waals surface area (Å²) in [6.45, 7) is 1.57. The van der Waals surface area contributed by atoms with Gasteiger partial charge in [-0.25, -0.2) is 12.7 Å². The molecule has 0 aromatic rings. The minimum absolute atomic E-state index is 0.0387. The number of amides is 1. The Kier molecular flexibility index (Phi) is 7.62. The molecule has 1 aliphatic rings. The van der Waals surface area contributed by atoms with Crippen molar-refractivity contribution in [3.8, 4) is 0 Å². The normalized spacial score (nSPS) is 16.8. The Morgan fingerprint density at radius 1 is 1.14 bits per heavy atom. The Labute approximate surface area is 128 Å². The maximum absolute atomic E-state index is 11.9. The third kappa shape index (κ3) is 7.78. The molecule has 0 heterocycles. The molecule has 6 nitrogen and oxygen atoms in total. The minimum Gasteiger partial charge on any atom is -0.353 e. The van der Waals surface area contributed by atoms with E-state index in [0.717, 1.165) is 25.8 Å². The zero-order valence-electron chi connectivity index (χ0n) is 13.5. The smallest absolute Gasteiger partial charge is 0.221 e. The summed E-state index contributed by atoms with van der Waals surface area (Å²) in [5.41, 5.74) is 0. The van der Waals surface area contributed by atoms with Gasteiger partial charge in [-0.05, 0) is 39.9 Å². The second-order valence-electron chi connectivity index (χ2n) is 6.12. The molecule has 1 saturated carbocycles. The Bertz CT molecular complexity index is 417. The Morgan fingerprint density at radius 2 is 1.76 bits per heavy atom. The van der Waals surface area contributed by atoms with Crippen molar-refractivity contribution in [2.45, 2.75) is 44.6 Å². The van der Waals surface area contributed by atoms with Gasteiger partial charge < -0.3 is 10.2 Å².